The molecular weight excluding hydrogens is 364 g/mol. The predicted molar refractivity (Wildman–Crippen MR) is 122 cm³/mol. The lowest BCUT2D eigenvalue weighted by Gasteiger charge is -2.33. The van der Waals surface area contributed by atoms with Crippen LogP contribution in [0.4, 0.5) is 0 Å². The molecule has 6 nitrogen and oxygen atoms in total. The van der Waals surface area contributed by atoms with E-state index in [-0.39, 0.29) is 0 Å². The van der Waals surface area contributed by atoms with Crippen molar-refractivity contribution in [3.63, 3.8) is 0 Å². The minimum atomic E-state index is 0.514. The van der Waals surface area contributed by atoms with E-state index < -0.39 is 0 Å². The first-order valence-electron chi connectivity index (χ1n) is 12.2. The van der Waals surface area contributed by atoms with Gasteiger partial charge in [0, 0.05) is 59.1 Å². The fourth-order valence-electron chi connectivity index (χ4n) is 4.31. The number of piperidine rings is 1. The van der Waals surface area contributed by atoms with Crippen molar-refractivity contribution in [3.05, 3.63) is 0 Å². The molecule has 1 saturated carbocycles. The van der Waals surface area contributed by atoms with Crippen LogP contribution in [-0.4, -0.2) is 76.1 Å². The predicted octanol–water partition coefficient (Wildman–Crippen LogP) is 3.56. The maximum atomic E-state index is 6.09. The Morgan fingerprint density at radius 3 is 2.41 bits per heavy atom. The van der Waals surface area contributed by atoms with Crippen LogP contribution in [-0.2, 0) is 9.47 Å². The van der Waals surface area contributed by atoms with E-state index in [1.165, 1.54) is 64.5 Å². The molecule has 1 aliphatic heterocycles. The van der Waals surface area contributed by atoms with Crippen molar-refractivity contribution >= 4 is 5.96 Å². The third kappa shape index (κ3) is 11.2. The van der Waals surface area contributed by atoms with Gasteiger partial charge in [0.25, 0.3) is 0 Å². The van der Waals surface area contributed by atoms with Crippen molar-refractivity contribution in [1.82, 2.24) is 15.5 Å². The fourth-order valence-corrected chi connectivity index (χ4v) is 4.31. The number of unbranched alkanes of at least 4 members (excludes halogenated alkanes) is 1. The summed E-state index contributed by atoms with van der Waals surface area (Å²) in [7, 11) is 1.78. The van der Waals surface area contributed by atoms with Crippen LogP contribution in [0.2, 0.25) is 0 Å². The van der Waals surface area contributed by atoms with Crippen molar-refractivity contribution in [1.29, 1.82) is 0 Å². The molecule has 0 aromatic heterocycles. The molecule has 0 aromatic rings. The zero-order valence-corrected chi connectivity index (χ0v) is 19.1. The van der Waals surface area contributed by atoms with Crippen molar-refractivity contribution in [2.45, 2.75) is 89.7 Å². The Balaban J connectivity index is 1.57. The summed E-state index contributed by atoms with van der Waals surface area (Å²) in [6.45, 7) is 9.16. The number of hydrogen-bond acceptors (Lipinski definition) is 4. The van der Waals surface area contributed by atoms with Crippen LogP contribution in [0.15, 0.2) is 4.99 Å². The lowest BCUT2D eigenvalue weighted by Crippen LogP contribution is -2.48. The van der Waals surface area contributed by atoms with Gasteiger partial charge in [-0.3, -0.25) is 4.99 Å². The van der Waals surface area contributed by atoms with E-state index in [4.69, 9.17) is 14.5 Å². The quantitative estimate of drug-likeness (QED) is 0.223. The SMILES string of the molecule is CCNC(=NCCCCOC1CCCCCC1)NC1CCN(CCCOC)CC1. The number of rotatable bonds is 12. The average molecular weight is 411 g/mol. The number of ether oxygens (including phenoxy) is 2. The first-order valence-corrected chi connectivity index (χ1v) is 12.2. The number of hydrogen-bond donors (Lipinski definition) is 2. The normalized spacial score (nSPS) is 20.6. The van der Waals surface area contributed by atoms with Crippen LogP contribution in [0.3, 0.4) is 0 Å². The van der Waals surface area contributed by atoms with Gasteiger partial charge in [-0.2, -0.15) is 0 Å². The molecule has 0 aromatic carbocycles. The van der Waals surface area contributed by atoms with Crippen molar-refractivity contribution in [2.24, 2.45) is 4.99 Å². The Morgan fingerprint density at radius 1 is 0.966 bits per heavy atom. The highest BCUT2D eigenvalue weighted by atomic mass is 16.5. The number of nitrogens with zero attached hydrogens (tertiary/aromatic N) is 2. The molecule has 2 aliphatic rings. The van der Waals surface area contributed by atoms with Crippen LogP contribution >= 0.6 is 0 Å². The molecule has 0 atom stereocenters. The molecular formula is C23H46N4O2. The van der Waals surface area contributed by atoms with Crippen molar-refractivity contribution < 1.29 is 9.47 Å². The standard InChI is InChI=1S/C23H46N4O2/c1-3-24-23(26-21-13-17-27(18-14-21)16-10-19-28-2)25-15-8-9-20-29-22-11-6-4-5-7-12-22/h21-22H,3-20H2,1-2H3,(H2,24,25,26). The van der Waals surface area contributed by atoms with E-state index in [9.17, 15) is 0 Å². The van der Waals surface area contributed by atoms with E-state index in [0.29, 0.717) is 12.1 Å². The Morgan fingerprint density at radius 2 is 1.72 bits per heavy atom. The Hall–Kier alpha value is -0.850. The van der Waals surface area contributed by atoms with Gasteiger partial charge in [-0.15, -0.1) is 0 Å². The molecule has 2 rings (SSSR count). The van der Waals surface area contributed by atoms with E-state index in [0.717, 1.165) is 58.1 Å². The zero-order chi connectivity index (χ0) is 20.6. The first kappa shape index (κ1) is 24.4. The number of guanidine groups is 1. The van der Waals surface area contributed by atoms with Gasteiger partial charge in [-0.05, 0) is 51.9 Å². The first-order chi connectivity index (χ1) is 14.3. The van der Waals surface area contributed by atoms with E-state index >= 15 is 0 Å². The summed E-state index contributed by atoms with van der Waals surface area (Å²) in [5.41, 5.74) is 0. The summed E-state index contributed by atoms with van der Waals surface area (Å²) in [5.74, 6) is 0.981. The van der Waals surface area contributed by atoms with Crippen LogP contribution in [0.1, 0.15) is 77.6 Å². The molecule has 0 unspecified atom stereocenters. The number of nitrogens with one attached hydrogen (secondary N) is 2. The molecule has 0 radical (unpaired) electrons. The number of aliphatic imine (C=N–C) groups is 1. The van der Waals surface area contributed by atoms with Crippen molar-refractivity contribution in [3.8, 4) is 0 Å². The molecule has 1 aliphatic carbocycles. The second-order valence-electron chi connectivity index (χ2n) is 8.56. The van der Waals surface area contributed by atoms with Gasteiger partial charge in [-0.25, -0.2) is 0 Å². The van der Waals surface area contributed by atoms with Gasteiger partial charge in [0.05, 0.1) is 6.10 Å². The molecule has 1 heterocycles. The minimum Gasteiger partial charge on any atom is -0.385 e. The molecule has 6 heteroatoms. The lowest BCUT2D eigenvalue weighted by molar-refractivity contribution is 0.0413. The van der Waals surface area contributed by atoms with E-state index in [1.54, 1.807) is 7.11 Å². The topological polar surface area (TPSA) is 58.1 Å². The Bertz CT molecular complexity index is 417. The van der Waals surface area contributed by atoms with Gasteiger partial charge in [0.15, 0.2) is 5.96 Å². The van der Waals surface area contributed by atoms with Gasteiger partial charge in [0.2, 0.25) is 0 Å². The van der Waals surface area contributed by atoms with Gasteiger partial charge >= 0.3 is 0 Å². The largest absolute Gasteiger partial charge is 0.385 e. The third-order valence-corrected chi connectivity index (χ3v) is 6.07. The van der Waals surface area contributed by atoms with Crippen molar-refractivity contribution in [2.75, 3.05) is 53.0 Å². The summed E-state index contributed by atoms with van der Waals surface area (Å²) in [4.78, 5) is 7.35. The van der Waals surface area contributed by atoms with E-state index in [2.05, 4.69) is 22.5 Å². The van der Waals surface area contributed by atoms with Crippen LogP contribution in [0.5, 0.6) is 0 Å². The maximum absolute atomic E-state index is 6.09. The summed E-state index contributed by atoms with van der Waals surface area (Å²) >= 11 is 0. The maximum Gasteiger partial charge on any atom is 0.191 e. The second kappa shape index (κ2) is 15.9. The zero-order valence-electron chi connectivity index (χ0n) is 19.1. The molecule has 0 amide bonds. The van der Waals surface area contributed by atoms with E-state index in [1.807, 2.05) is 0 Å². The summed E-state index contributed by atoms with van der Waals surface area (Å²) in [5, 5.41) is 7.06. The minimum absolute atomic E-state index is 0.514. The summed E-state index contributed by atoms with van der Waals surface area (Å²) in [6.07, 6.45) is 14.2. The Labute approximate surface area is 179 Å². The molecule has 0 spiro atoms. The monoisotopic (exact) mass is 410 g/mol. The molecule has 0 bridgehead atoms. The van der Waals surface area contributed by atoms with Gasteiger partial charge in [0.1, 0.15) is 0 Å². The van der Waals surface area contributed by atoms with Gasteiger partial charge < -0.3 is 25.0 Å². The summed E-state index contributed by atoms with van der Waals surface area (Å²) in [6, 6.07) is 0.532. The molecule has 2 N–H and O–H groups in total. The lowest BCUT2D eigenvalue weighted by atomic mass is 10.1. The smallest absolute Gasteiger partial charge is 0.191 e. The molecule has 170 valence electrons. The summed E-state index contributed by atoms with van der Waals surface area (Å²) < 4.78 is 11.3. The Kier molecular flexibility index (Phi) is 13.4. The average Bonchev–Trinajstić information content (AvgIpc) is 3.01. The highest BCUT2D eigenvalue weighted by Gasteiger charge is 2.19. The molecule has 2 fully saturated rings. The highest BCUT2D eigenvalue weighted by molar-refractivity contribution is 5.80. The van der Waals surface area contributed by atoms with Crippen LogP contribution < -0.4 is 10.6 Å². The number of methoxy groups -OCH3 is 1. The molecule has 1 saturated heterocycles. The highest BCUT2D eigenvalue weighted by Crippen LogP contribution is 2.20. The van der Waals surface area contributed by atoms with Gasteiger partial charge in [-0.1, -0.05) is 25.7 Å². The fraction of sp³-hybridized carbons (Fsp3) is 0.957. The van der Waals surface area contributed by atoms with Crippen LogP contribution in [0.25, 0.3) is 0 Å². The third-order valence-electron chi connectivity index (χ3n) is 6.07. The second-order valence-corrected chi connectivity index (χ2v) is 8.56. The number of likely N-dealkylation sites (tertiary alicyclic amines) is 1. The van der Waals surface area contributed by atoms with Crippen LogP contribution in [0, 0.1) is 0 Å². The molecule has 29 heavy (non-hydrogen) atoms.